The molecule has 2 heterocycles. The summed E-state index contributed by atoms with van der Waals surface area (Å²) in [4.78, 5) is 16.7. The Morgan fingerprint density at radius 3 is 2.65 bits per heavy atom. The Bertz CT molecular complexity index is 1020. The average Bonchev–Trinajstić information content (AvgIpc) is 2.81. The molecular formula is C20H23ClN2O2S. The van der Waals surface area contributed by atoms with Gasteiger partial charge in [0.15, 0.2) is 5.16 Å². The molecule has 0 atom stereocenters. The summed E-state index contributed by atoms with van der Waals surface area (Å²) >= 11 is 7.92. The van der Waals surface area contributed by atoms with Gasteiger partial charge in [0, 0.05) is 34.5 Å². The number of hydrogen-bond donors (Lipinski definition) is 0. The van der Waals surface area contributed by atoms with Crippen LogP contribution in [0.4, 0.5) is 0 Å². The van der Waals surface area contributed by atoms with Crippen molar-refractivity contribution in [2.24, 2.45) is 5.92 Å². The van der Waals surface area contributed by atoms with Gasteiger partial charge in [0.05, 0.1) is 5.69 Å². The van der Waals surface area contributed by atoms with Crippen LogP contribution in [0.5, 0.6) is 0 Å². The zero-order chi connectivity index (χ0) is 19.0. The van der Waals surface area contributed by atoms with Gasteiger partial charge in [-0.15, -0.1) is 0 Å². The summed E-state index contributed by atoms with van der Waals surface area (Å²) in [5, 5.41) is 2.53. The Morgan fingerprint density at radius 2 is 1.96 bits per heavy atom. The predicted octanol–water partition coefficient (Wildman–Crippen LogP) is 5.52. The summed E-state index contributed by atoms with van der Waals surface area (Å²) in [6, 6.07) is 5.25. The first-order valence-corrected chi connectivity index (χ1v) is 10.0. The molecule has 6 heteroatoms. The first-order chi connectivity index (χ1) is 12.3. The van der Waals surface area contributed by atoms with Gasteiger partial charge in [0.25, 0.3) is 0 Å². The van der Waals surface area contributed by atoms with E-state index < -0.39 is 0 Å². The number of rotatable bonds is 5. The van der Waals surface area contributed by atoms with Crippen molar-refractivity contribution in [2.45, 2.75) is 52.1 Å². The lowest BCUT2D eigenvalue weighted by Crippen LogP contribution is -2.08. The third-order valence-corrected chi connectivity index (χ3v) is 5.87. The Labute approximate surface area is 162 Å². The number of aromatic nitrogens is 2. The van der Waals surface area contributed by atoms with Crippen molar-refractivity contribution >= 4 is 34.3 Å². The Hall–Kier alpha value is -1.72. The standard InChI is InChI=1S/C20H23ClN2O2S/c1-11(2)9-23-14(5)13(4)22-20(23)26-10-15-7-19(24)25-18-6-12(3)17(21)8-16(15)18/h6-8,11H,9-10H2,1-5H3. The molecule has 4 nitrogen and oxygen atoms in total. The van der Waals surface area contributed by atoms with Gasteiger partial charge in [-0.05, 0) is 49.9 Å². The Kier molecular flexibility index (Phi) is 5.49. The third kappa shape index (κ3) is 3.84. The molecular weight excluding hydrogens is 368 g/mol. The topological polar surface area (TPSA) is 48.0 Å². The highest BCUT2D eigenvalue weighted by molar-refractivity contribution is 7.98. The first-order valence-electron chi connectivity index (χ1n) is 8.65. The molecule has 0 bridgehead atoms. The van der Waals surface area contributed by atoms with Crippen LogP contribution in [0, 0.1) is 26.7 Å². The lowest BCUT2D eigenvalue weighted by Gasteiger charge is -2.12. The second kappa shape index (κ2) is 7.49. The minimum Gasteiger partial charge on any atom is -0.423 e. The maximum absolute atomic E-state index is 12.0. The molecule has 3 rings (SSSR count). The quantitative estimate of drug-likeness (QED) is 0.425. The molecule has 1 aromatic carbocycles. The number of fused-ring (bicyclic) bond motifs is 1. The van der Waals surface area contributed by atoms with Crippen LogP contribution in [0.15, 0.2) is 32.6 Å². The molecule has 138 valence electrons. The molecule has 3 aromatic rings. The highest BCUT2D eigenvalue weighted by atomic mass is 35.5. The molecule has 0 saturated carbocycles. The maximum atomic E-state index is 12.0. The van der Waals surface area contributed by atoms with Crippen molar-refractivity contribution in [3.8, 4) is 0 Å². The van der Waals surface area contributed by atoms with Crippen molar-refractivity contribution < 1.29 is 4.42 Å². The van der Waals surface area contributed by atoms with Crippen LogP contribution in [0.2, 0.25) is 5.02 Å². The van der Waals surface area contributed by atoms with Crippen LogP contribution in [0.25, 0.3) is 11.0 Å². The molecule has 0 amide bonds. The van der Waals surface area contributed by atoms with E-state index in [1.165, 1.54) is 5.69 Å². The summed E-state index contributed by atoms with van der Waals surface area (Å²) in [7, 11) is 0. The van der Waals surface area contributed by atoms with Crippen molar-refractivity contribution in [3.05, 3.63) is 56.2 Å². The van der Waals surface area contributed by atoms with Gasteiger partial charge in [-0.3, -0.25) is 0 Å². The maximum Gasteiger partial charge on any atom is 0.336 e. The zero-order valence-corrected chi connectivity index (χ0v) is 17.3. The minimum atomic E-state index is -0.340. The SMILES string of the molecule is Cc1cc2oc(=O)cc(CSc3nc(C)c(C)n3CC(C)C)c2cc1Cl. The highest BCUT2D eigenvalue weighted by Gasteiger charge is 2.15. The second-order valence-electron chi connectivity index (χ2n) is 7.05. The number of halogens is 1. The van der Waals surface area contributed by atoms with Crippen molar-refractivity contribution in [1.29, 1.82) is 0 Å². The smallest absolute Gasteiger partial charge is 0.336 e. The van der Waals surface area contributed by atoms with E-state index in [4.69, 9.17) is 21.0 Å². The van der Waals surface area contributed by atoms with Gasteiger partial charge >= 0.3 is 5.63 Å². The fourth-order valence-corrected chi connectivity index (χ4v) is 4.18. The van der Waals surface area contributed by atoms with Crippen LogP contribution in [0.1, 0.15) is 36.4 Å². The molecule has 0 aliphatic heterocycles. The minimum absolute atomic E-state index is 0.340. The largest absolute Gasteiger partial charge is 0.423 e. The van der Waals surface area contributed by atoms with Gasteiger partial charge in [-0.2, -0.15) is 0 Å². The first kappa shape index (κ1) is 19.1. The molecule has 0 spiro atoms. The number of nitrogens with zero attached hydrogens (tertiary/aromatic N) is 2. The molecule has 0 N–H and O–H groups in total. The van der Waals surface area contributed by atoms with Crippen LogP contribution in [-0.2, 0) is 12.3 Å². The molecule has 0 radical (unpaired) electrons. The van der Waals surface area contributed by atoms with Gasteiger partial charge in [-0.25, -0.2) is 9.78 Å². The highest BCUT2D eigenvalue weighted by Crippen LogP contribution is 2.30. The monoisotopic (exact) mass is 390 g/mol. The molecule has 0 fully saturated rings. The van der Waals surface area contributed by atoms with E-state index in [0.717, 1.165) is 33.9 Å². The van der Waals surface area contributed by atoms with E-state index in [9.17, 15) is 4.79 Å². The van der Waals surface area contributed by atoms with Crippen molar-refractivity contribution in [1.82, 2.24) is 9.55 Å². The summed E-state index contributed by atoms with van der Waals surface area (Å²) < 4.78 is 7.60. The zero-order valence-electron chi connectivity index (χ0n) is 15.7. The molecule has 2 aromatic heterocycles. The summed E-state index contributed by atoms with van der Waals surface area (Å²) in [6.07, 6.45) is 0. The van der Waals surface area contributed by atoms with Crippen molar-refractivity contribution in [2.75, 3.05) is 0 Å². The molecule has 0 saturated heterocycles. The number of benzene rings is 1. The predicted molar refractivity (Wildman–Crippen MR) is 108 cm³/mol. The number of imidazole rings is 1. The van der Waals surface area contributed by atoms with Crippen LogP contribution in [-0.4, -0.2) is 9.55 Å². The third-order valence-electron chi connectivity index (χ3n) is 4.44. The summed E-state index contributed by atoms with van der Waals surface area (Å²) in [5.74, 6) is 1.17. The molecule has 0 aliphatic rings. The summed E-state index contributed by atoms with van der Waals surface area (Å²) in [5.41, 5.74) is 4.28. The van der Waals surface area contributed by atoms with E-state index in [1.54, 1.807) is 17.8 Å². The van der Waals surface area contributed by atoms with Crippen LogP contribution >= 0.6 is 23.4 Å². The van der Waals surface area contributed by atoms with E-state index in [-0.39, 0.29) is 5.63 Å². The number of hydrogen-bond acceptors (Lipinski definition) is 4. The van der Waals surface area contributed by atoms with Crippen LogP contribution in [0.3, 0.4) is 0 Å². The van der Waals surface area contributed by atoms with Gasteiger partial charge < -0.3 is 8.98 Å². The van der Waals surface area contributed by atoms with E-state index in [2.05, 4.69) is 25.3 Å². The van der Waals surface area contributed by atoms with Gasteiger partial charge in [0.1, 0.15) is 5.58 Å². The Balaban J connectivity index is 1.97. The molecule has 0 aliphatic carbocycles. The summed E-state index contributed by atoms with van der Waals surface area (Å²) in [6.45, 7) is 11.4. The van der Waals surface area contributed by atoms with E-state index in [1.807, 2.05) is 26.0 Å². The van der Waals surface area contributed by atoms with Gasteiger partial charge in [-0.1, -0.05) is 37.2 Å². The Morgan fingerprint density at radius 1 is 1.23 bits per heavy atom. The second-order valence-corrected chi connectivity index (χ2v) is 8.40. The van der Waals surface area contributed by atoms with Crippen molar-refractivity contribution in [3.63, 3.8) is 0 Å². The molecule has 0 unspecified atom stereocenters. The molecule has 26 heavy (non-hydrogen) atoms. The number of thioether (sulfide) groups is 1. The average molecular weight is 391 g/mol. The van der Waals surface area contributed by atoms with E-state index >= 15 is 0 Å². The lowest BCUT2D eigenvalue weighted by molar-refractivity contribution is 0.486. The normalized spacial score (nSPS) is 11.7. The lowest BCUT2D eigenvalue weighted by atomic mass is 10.1. The fourth-order valence-electron chi connectivity index (χ4n) is 2.92. The van der Waals surface area contributed by atoms with Crippen LogP contribution < -0.4 is 5.63 Å². The van der Waals surface area contributed by atoms with E-state index in [0.29, 0.717) is 22.3 Å². The van der Waals surface area contributed by atoms with Gasteiger partial charge in [0.2, 0.25) is 0 Å². The fraction of sp³-hybridized carbons (Fsp3) is 0.400. The number of aryl methyl sites for hydroxylation is 2.